The third-order valence-electron chi connectivity index (χ3n) is 3.48. The number of hydrogen-bond donors (Lipinski definition) is 1. The van der Waals surface area contributed by atoms with Crippen molar-refractivity contribution in [3.63, 3.8) is 0 Å². The molecular weight excluding hydrogens is 263 g/mol. The first-order chi connectivity index (χ1) is 9.65. The topological polar surface area (TPSA) is 12.0 Å². The van der Waals surface area contributed by atoms with Gasteiger partial charge in [0.05, 0.1) is 0 Å². The average Bonchev–Trinajstić information content (AvgIpc) is 3.25. The van der Waals surface area contributed by atoms with Gasteiger partial charge in [0.1, 0.15) is 5.82 Å². The van der Waals surface area contributed by atoms with Crippen LogP contribution in [0.4, 0.5) is 13.2 Å². The molecule has 0 heterocycles. The second-order valence-corrected chi connectivity index (χ2v) is 5.06. The lowest BCUT2D eigenvalue weighted by molar-refractivity contribution is 0.496. The third kappa shape index (κ3) is 2.70. The van der Waals surface area contributed by atoms with Crippen molar-refractivity contribution in [1.29, 1.82) is 0 Å². The number of rotatable bonds is 4. The van der Waals surface area contributed by atoms with Crippen molar-refractivity contribution < 1.29 is 13.2 Å². The van der Waals surface area contributed by atoms with Gasteiger partial charge in [-0.3, -0.25) is 0 Å². The minimum absolute atomic E-state index is 0.0945. The molecule has 2 aromatic carbocycles. The van der Waals surface area contributed by atoms with Crippen molar-refractivity contribution in [3.8, 4) is 11.1 Å². The van der Waals surface area contributed by atoms with Gasteiger partial charge in [-0.2, -0.15) is 0 Å². The van der Waals surface area contributed by atoms with Crippen molar-refractivity contribution >= 4 is 0 Å². The van der Waals surface area contributed by atoms with E-state index in [-0.39, 0.29) is 5.56 Å². The van der Waals surface area contributed by atoms with E-state index in [1.165, 1.54) is 0 Å². The van der Waals surface area contributed by atoms with Gasteiger partial charge in [0.15, 0.2) is 11.6 Å². The van der Waals surface area contributed by atoms with E-state index in [0.29, 0.717) is 24.2 Å². The molecule has 0 aliphatic heterocycles. The van der Waals surface area contributed by atoms with Gasteiger partial charge in [-0.15, -0.1) is 0 Å². The Kier molecular flexibility index (Phi) is 3.49. The van der Waals surface area contributed by atoms with E-state index in [1.807, 2.05) is 12.1 Å². The van der Waals surface area contributed by atoms with E-state index in [9.17, 15) is 13.2 Å². The van der Waals surface area contributed by atoms with E-state index >= 15 is 0 Å². The van der Waals surface area contributed by atoms with Crippen LogP contribution in [0.25, 0.3) is 11.1 Å². The molecule has 0 aromatic heterocycles. The zero-order valence-electron chi connectivity index (χ0n) is 10.8. The van der Waals surface area contributed by atoms with Gasteiger partial charge in [0.25, 0.3) is 0 Å². The predicted octanol–water partition coefficient (Wildman–Crippen LogP) is 4.02. The van der Waals surface area contributed by atoms with Gasteiger partial charge in [-0.05, 0) is 30.0 Å². The highest BCUT2D eigenvalue weighted by Gasteiger charge is 2.21. The third-order valence-corrected chi connectivity index (χ3v) is 3.48. The lowest BCUT2D eigenvalue weighted by Gasteiger charge is -2.11. The van der Waals surface area contributed by atoms with Gasteiger partial charge >= 0.3 is 0 Å². The van der Waals surface area contributed by atoms with Gasteiger partial charge in [0, 0.05) is 24.2 Å². The first-order valence-corrected chi connectivity index (χ1v) is 6.61. The molecule has 20 heavy (non-hydrogen) atoms. The number of hydrogen-bond acceptors (Lipinski definition) is 1. The van der Waals surface area contributed by atoms with Crippen molar-refractivity contribution in [1.82, 2.24) is 5.32 Å². The van der Waals surface area contributed by atoms with Crippen LogP contribution in [0, 0.1) is 17.5 Å². The van der Waals surface area contributed by atoms with E-state index in [4.69, 9.17) is 0 Å². The van der Waals surface area contributed by atoms with Crippen LogP contribution >= 0.6 is 0 Å². The monoisotopic (exact) mass is 277 g/mol. The Balaban J connectivity index is 1.98. The quantitative estimate of drug-likeness (QED) is 0.832. The molecule has 1 N–H and O–H groups in total. The molecule has 0 spiro atoms. The molecule has 1 fully saturated rings. The van der Waals surface area contributed by atoms with Crippen LogP contribution < -0.4 is 5.32 Å². The molecule has 1 nitrogen and oxygen atoms in total. The molecule has 1 aliphatic rings. The summed E-state index contributed by atoms with van der Waals surface area (Å²) in [6.07, 6.45) is 2.31. The molecule has 0 saturated heterocycles. The maximum atomic E-state index is 13.9. The fraction of sp³-hybridized carbons (Fsp3) is 0.250. The summed E-state index contributed by atoms with van der Waals surface area (Å²) in [5.74, 6) is -2.95. The molecular formula is C16H14F3N. The average molecular weight is 277 g/mol. The van der Waals surface area contributed by atoms with Crippen LogP contribution in [-0.2, 0) is 6.54 Å². The molecule has 1 aliphatic carbocycles. The number of halogens is 3. The fourth-order valence-corrected chi connectivity index (χ4v) is 2.21. The Morgan fingerprint density at radius 1 is 0.900 bits per heavy atom. The van der Waals surface area contributed by atoms with Gasteiger partial charge in [-0.25, -0.2) is 13.2 Å². The van der Waals surface area contributed by atoms with E-state index in [1.54, 1.807) is 12.1 Å². The zero-order valence-corrected chi connectivity index (χ0v) is 10.8. The molecule has 4 heteroatoms. The Labute approximate surface area is 115 Å². The molecule has 0 amide bonds. The SMILES string of the molecule is Fc1cc(F)c(-c2ccccc2CNC2CC2)cc1F. The normalized spacial score (nSPS) is 14.6. The van der Waals surface area contributed by atoms with Gasteiger partial charge < -0.3 is 5.32 Å². The Morgan fingerprint density at radius 2 is 1.60 bits per heavy atom. The second-order valence-electron chi connectivity index (χ2n) is 5.06. The Bertz CT molecular complexity index is 636. The number of benzene rings is 2. The number of nitrogens with one attached hydrogen (secondary N) is 1. The van der Waals surface area contributed by atoms with E-state index < -0.39 is 17.5 Å². The molecule has 0 radical (unpaired) electrons. The molecule has 1 saturated carbocycles. The molecule has 104 valence electrons. The summed E-state index contributed by atoms with van der Waals surface area (Å²) in [7, 11) is 0. The molecule has 3 rings (SSSR count). The summed E-state index contributed by atoms with van der Waals surface area (Å²) >= 11 is 0. The summed E-state index contributed by atoms with van der Waals surface area (Å²) in [6.45, 7) is 0.597. The first kappa shape index (κ1) is 13.2. The lowest BCUT2D eigenvalue weighted by Crippen LogP contribution is -2.15. The highest BCUT2D eigenvalue weighted by atomic mass is 19.2. The first-order valence-electron chi connectivity index (χ1n) is 6.61. The van der Waals surface area contributed by atoms with Crippen LogP contribution in [-0.4, -0.2) is 6.04 Å². The van der Waals surface area contributed by atoms with Crippen LogP contribution in [0.1, 0.15) is 18.4 Å². The summed E-state index contributed by atoms with van der Waals surface area (Å²) in [5.41, 5.74) is 1.57. The summed E-state index contributed by atoms with van der Waals surface area (Å²) in [4.78, 5) is 0. The van der Waals surface area contributed by atoms with Gasteiger partial charge in [-0.1, -0.05) is 24.3 Å². The highest BCUT2D eigenvalue weighted by Crippen LogP contribution is 2.29. The van der Waals surface area contributed by atoms with Crippen LogP contribution in [0.15, 0.2) is 36.4 Å². The van der Waals surface area contributed by atoms with Crippen molar-refractivity contribution in [2.45, 2.75) is 25.4 Å². The van der Waals surface area contributed by atoms with Gasteiger partial charge in [0.2, 0.25) is 0 Å². The Hall–Kier alpha value is -1.81. The smallest absolute Gasteiger partial charge is 0.161 e. The van der Waals surface area contributed by atoms with Crippen LogP contribution in [0.2, 0.25) is 0 Å². The van der Waals surface area contributed by atoms with Crippen molar-refractivity contribution in [2.24, 2.45) is 0 Å². The summed E-state index contributed by atoms with van der Waals surface area (Å²) in [5, 5.41) is 3.34. The van der Waals surface area contributed by atoms with E-state index in [2.05, 4.69) is 5.32 Å². The van der Waals surface area contributed by atoms with Crippen LogP contribution in [0.5, 0.6) is 0 Å². The predicted molar refractivity (Wildman–Crippen MR) is 71.6 cm³/mol. The Morgan fingerprint density at radius 3 is 2.35 bits per heavy atom. The maximum Gasteiger partial charge on any atom is 0.161 e. The molecule has 0 bridgehead atoms. The van der Waals surface area contributed by atoms with E-state index in [0.717, 1.165) is 24.5 Å². The van der Waals surface area contributed by atoms with Crippen molar-refractivity contribution in [3.05, 3.63) is 59.4 Å². The second kappa shape index (κ2) is 5.29. The molecule has 0 atom stereocenters. The fourth-order valence-electron chi connectivity index (χ4n) is 2.21. The summed E-state index contributed by atoms with van der Waals surface area (Å²) in [6, 6.07) is 9.24. The highest BCUT2D eigenvalue weighted by molar-refractivity contribution is 5.68. The maximum absolute atomic E-state index is 13.9. The zero-order chi connectivity index (χ0) is 14.1. The largest absolute Gasteiger partial charge is 0.310 e. The summed E-state index contributed by atoms with van der Waals surface area (Å²) < 4.78 is 40.2. The standard InChI is InChI=1S/C16H14F3N/c17-14-8-16(19)15(18)7-13(14)12-4-2-1-3-10(12)9-20-11-5-6-11/h1-4,7-8,11,20H,5-6,9H2. The molecule has 2 aromatic rings. The minimum Gasteiger partial charge on any atom is -0.310 e. The lowest BCUT2D eigenvalue weighted by atomic mass is 9.99. The van der Waals surface area contributed by atoms with Crippen LogP contribution in [0.3, 0.4) is 0 Å². The molecule has 0 unspecified atom stereocenters. The van der Waals surface area contributed by atoms with Crippen molar-refractivity contribution in [2.75, 3.05) is 0 Å². The minimum atomic E-state index is -1.17.